The zero-order valence-electron chi connectivity index (χ0n) is 16.2. The van der Waals surface area contributed by atoms with Crippen molar-refractivity contribution in [1.82, 2.24) is 9.55 Å². The largest absolute Gasteiger partial charge is 0.326 e. The Hall–Kier alpha value is -4.00. The average Bonchev–Trinajstić information content (AvgIpc) is 3.07. The van der Waals surface area contributed by atoms with Crippen LogP contribution in [0, 0.1) is 5.82 Å². The van der Waals surface area contributed by atoms with Crippen molar-refractivity contribution in [3.63, 3.8) is 0 Å². The lowest BCUT2D eigenvalue weighted by atomic mass is 10.2. The summed E-state index contributed by atoms with van der Waals surface area (Å²) in [4.78, 5) is 28.7. The SMILES string of the molecule is CC(=O)Nc1cccc(NC(=O)Cn2c(-c3ccc(F)cc3)nc3ccccc32)c1. The maximum atomic E-state index is 13.4. The first-order chi connectivity index (χ1) is 14.5. The van der Waals surface area contributed by atoms with Gasteiger partial charge in [0.05, 0.1) is 11.0 Å². The average molecular weight is 402 g/mol. The molecule has 1 heterocycles. The van der Waals surface area contributed by atoms with Gasteiger partial charge in [-0.25, -0.2) is 9.37 Å². The molecule has 3 aromatic carbocycles. The van der Waals surface area contributed by atoms with Gasteiger partial charge < -0.3 is 15.2 Å². The summed E-state index contributed by atoms with van der Waals surface area (Å²) in [5, 5.41) is 5.53. The van der Waals surface area contributed by atoms with Crippen LogP contribution in [-0.2, 0) is 16.1 Å². The molecule has 0 aliphatic carbocycles. The maximum absolute atomic E-state index is 13.4. The highest BCUT2D eigenvalue weighted by molar-refractivity contribution is 5.94. The Balaban J connectivity index is 1.63. The molecule has 0 saturated carbocycles. The van der Waals surface area contributed by atoms with E-state index in [0.29, 0.717) is 22.8 Å². The Morgan fingerprint density at radius 1 is 0.933 bits per heavy atom. The predicted molar refractivity (Wildman–Crippen MR) is 115 cm³/mol. The Labute approximate surface area is 172 Å². The van der Waals surface area contributed by atoms with Crippen molar-refractivity contribution in [2.45, 2.75) is 13.5 Å². The third kappa shape index (κ3) is 4.20. The Kier molecular flexibility index (Phi) is 5.26. The molecule has 0 aliphatic rings. The molecule has 150 valence electrons. The van der Waals surface area contributed by atoms with E-state index in [4.69, 9.17) is 0 Å². The number of fused-ring (bicyclic) bond motifs is 1. The summed E-state index contributed by atoms with van der Waals surface area (Å²) in [7, 11) is 0. The number of hydrogen-bond donors (Lipinski definition) is 2. The van der Waals surface area contributed by atoms with Gasteiger partial charge in [0.15, 0.2) is 0 Å². The second-order valence-electron chi connectivity index (χ2n) is 6.83. The van der Waals surface area contributed by atoms with E-state index < -0.39 is 0 Å². The lowest BCUT2D eigenvalue weighted by Crippen LogP contribution is -2.19. The van der Waals surface area contributed by atoms with E-state index in [-0.39, 0.29) is 24.2 Å². The third-order valence-corrected chi connectivity index (χ3v) is 4.53. The van der Waals surface area contributed by atoms with Gasteiger partial charge >= 0.3 is 0 Å². The van der Waals surface area contributed by atoms with Crippen LogP contribution in [0.1, 0.15) is 6.92 Å². The Bertz CT molecular complexity index is 1230. The van der Waals surface area contributed by atoms with Crippen LogP contribution in [0.25, 0.3) is 22.4 Å². The monoisotopic (exact) mass is 402 g/mol. The number of imidazole rings is 1. The fourth-order valence-corrected chi connectivity index (χ4v) is 3.28. The highest BCUT2D eigenvalue weighted by Gasteiger charge is 2.15. The van der Waals surface area contributed by atoms with E-state index in [1.165, 1.54) is 19.1 Å². The van der Waals surface area contributed by atoms with Crippen molar-refractivity contribution < 1.29 is 14.0 Å². The summed E-state index contributed by atoms with van der Waals surface area (Å²) in [6, 6.07) is 20.5. The van der Waals surface area contributed by atoms with Crippen molar-refractivity contribution in [3.8, 4) is 11.4 Å². The van der Waals surface area contributed by atoms with Gasteiger partial charge in [-0.1, -0.05) is 18.2 Å². The van der Waals surface area contributed by atoms with Gasteiger partial charge in [-0.05, 0) is 54.6 Å². The number of aromatic nitrogens is 2. The zero-order chi connectivity index (χ0) is 21.1. The normalized spacial score (nSPS) is 10.7. The van der Waals surface area contributed by atoms with Gasteiger partial charge in [-0.3, -0.25) is 9.59 Å². The maximum Gasteiger partial charge on any atom is 0.244 e. The standard InChI is InChI=1S/C23H19FN4O2/c1-15(29)25-18-5-4-6-19(13-18)26-22(30)14-28-21-8-3-2-7-20(21)27-23(28)16-9-11-17(24)12-10-16/h2-13H,14H2,1H3,(H,25,29)(H,26,30). The summed E-state index contributed by atoms with van der Waals surface area (Å²) in [5.41, 5.74) is 3.43. The smallest absolute Gasteiger partial charge is 0.244 e. The van der Waals surface area contributed by atoms with Gasteiger partial charge in [-0.2, -0.15) is 0 Å². The number of para-hydroxylation sites is 2. The van der Waals surface area contributed by atoms with E-state index in [0.717, 1.165) is 11.0 Å². The second-order valence-corrected chi connectivity index (χ2v) is 6.83. The molecule has 2 N–H and O–H groups in total. The molecule has 0 spiro atoms. The van der Waals surface area contributed by atoms with Crippen molar-refractivity contribution >= 4 is 34.2 Å². The summed E-state index contributed by atoms with van der Waals surface area (Å²) in [5.74, 6) is -0.189. The van der Waals surface area contributed by atoms with Crippen molar-refractivity contribution in [2.24, 2.45) is 0 Å². The summed E-state index contributed by atoms with van der Waals surface area (Å²) < 4.78 is 15.2. The Morgan fingerprint density at radius 3 is 2.37 bits per heavy atom. The fraction of sp³-hybridized carbons (Fsp3) is 0.0870. The molecule has 6 nitrogen and oxygen atoms in total. The minimum atomic E-state index is -0.335. The number of anilines is 2. The number of carbonyl (C=O) groups is 2. The molecule has 0 unspecified atom stereocenters. The molecule has 7 heteroatoms. The van der Waals surface area contributed by atoms with Crippen LogP contribution >= 0.6 is 0 Å². The quantitative estimate of drug-likeness (QED) is 0.518. The molecule has 2 amide bonds. The molecule has 0 radical (unpaired) electrons. The van der Waals surface area contributed by atoms with E-state index in [1.807, 2.05) is 24.3 Å². The molecule has 0 saturated heterocycles. The predicted octanol–water partition coefficient (Wildman–Crippen LogP) is 4.44. The summed E-state index contributed by atoms with van der Waals surface area (Å²) in [6.45, 7) is 1.45. The summed E-state index contributed by atoms with van der Waals surface area (Å²) >= 11 is 0. The molecule has 0 bridgehead atoms. The van der Waals surface area contributed by atoms with Crippen LogP contribution in [-0.4, -0.2) is 21.4 Å². The molecule has 4 rings (SSSR count). The molecule has 4 aromatic rings. The number of nitrogens with one attached hydrogen (secondary N) is 2. The van der Waals surface area contributed by atoms with Crippen LogP contribution in [0.2, 0.25) is 0 Å². The van der Waals surface area contributed by atoms with Crippen LogP contribution in [0.15, 0.2) is 72.8 Å². The minimum Gasteiger partial charge on any atom is -0.326 e. The highest BCUT2D eigenvalue weighted by Crippen LogP contribution is 2.25. The van der Waals surface area contributed by atoms with Crippen LogP contribution in [0.5, 0.6) is 0 Å². The molecular weight excluding hydrogens is 383 g/mol. The van der Waals surface area contributed by atoms with Gasteiger partial charge in [0.1, 0.15) is 18.2 Å². The minimum absolute atomic E-state index is 0.0254. The summed E-state index contributed by atoms with van der Waals surface area (Å²) in [6.07, 6.45) is 0. The lowest BCUT2D eigenvalue weighted by molar-refractivity contribution is -0.116. The third-order valence-electron chi connectivity index (χ3n) is 4.53. The van der Waals surface area contributed by atoms with Gasteiger partial charge in [0, 0.05) is 23.9 Å². The second kappa shape index (κ2) is 8.16. The molecule has 1 aromatic heterocycles. The number of benzene rings is 3. The van der Waals surface area contributed by atoms with Gasteiger partial charge in [-0.15, -0.1) is 0 Å². The number of halogens is 1. The molecule has 30 heavy (non-hydrogen) atoms. The van der Waals surface area contributed by atoms with Crippen LogP contribution in [0.4, 0.5) is 15.8 Å². The molecular formula is C23H19FN4O2. The molecule has 0 atom stereocenters. The number of nitrogens with zero attached hydrogens (tertiary/aromatic N) is 2. The number of hydrogen-bond acceptors (Lipinski definition) is 3. The van der Waals surface area contributed by atoms with Crippen molar-refractivity contribution in [2.75, 3.05) is 10.6 Å². The highest BCUT2D eigenvalue weighted by atomic mass is 19.1. The van der Waals surface area contributed by atoms with E-state index in [2.05, 4.69) is 15.6 Å². The van der Waals surface area contributed by atoms with Crippen molar-refractivity contribution in [1.29, 1.82) is 0 Å². The van der Waals surface area contributed by atoms with Crippen molar-refractivity contribution in [3.05, 3.63) is 78.6 Å². The molecule has 0 fully saturated rings. The first-order valence-electron chi connectivity index (χ1n) is 9.38. The van der Waals surface area contributed by atoms with Crippen LogP contribution < -0.4 is 10.6 Å². The topological polar surface area (TPSA) is 76.0 Å². The first kappa shape index (κ1) is 19.3. The number of amides is 2. The number of carbonyl (C=O) groups excluding carboxylic acids is 2. The Morgan fingerprint density at radius 2 is 1.63 bits per heavy atom. The van der Waals surface area contributed by atoms with Crippen LogP contribution in [0.3, 0.4) is 0 Å². The lowest BCUT2D eigenvalue weighted by Gasteiger charge is -2.11. The van der Waals surface area contributed by atoms with E-state index >= 15 is 0 Å². The van der Waals surface area contributed by atoms with E-state index in [1.54, 1.807) is 41.0 Å². The van der Waals surface area contributed by atoms with Gasteiger partial charge in [0.25, 0.3) is 0 Å². The fourth-order valence-electron chi connectivity index (χ4n) is 3.28. The molecule has 0 aliphatic heterocycles. The van der Waals surface area contributed by atoms with Gasteiger partial charge in [0.2, 0.25) is 11.8 Å². The van der Waals surface area contributed by atoms with E-state index in [9.17, 15) is 14.0 Å². The first-order valence-corrected chi connectivity index (χ1v) is 9.38. The number of rotatable bonds is 5. The zero-order valence-corrected chi connectivity index (χ0v) is 16.2.